The molecule has 0 saturated heterocycles. The fraction of sp³-hybridized carbons (Fsp3) is 0.853. The summed E-state index contributed by atoms with van der Waals surface area (Å²) in [6.45, 7) is 4.71. The summed E-state index contributed by atoms with van der Waals surface area (Å²) < 4.78 is 23.3. The standard InChI is InChI=1S/C34H67N2O6P/c1-6-8-10-12-14-16-18-20-22-24-26-28-34(38)35-32(31-42-43(39,40)41-30-29-36(3,4)5)33(37)27-25-23-21-19-17-15-13-11-9-7-2/h17,19,25,27,32-33,37H,6-16,18,20-24,26,28-31H2,1-5H3,(H-,35,38,39,40)/p+1/b19-17+,27-25+/t32-,33+/m0/s1. The smallest absolute Gasteiger partial charge is 0.387 e. The van der Waals surface area contributed by atoms with Gasteiger partial charge in [-0.05, 0) is 32.1 Å². The zero-order valence-electron chi connectivity index (χ0n) is 28.4. The number of carbonyl (C=O) groups excluding carboxylic acids is 1. The first-order chi connectivity index (χ1) is 20.5. The number of likely N-dealkylation sites (N-methyl/N-ethyl adjacent to an activating group) is 1. The Kier molecular flexibility index (Phi) is 26.7. The Morgan fingerprint density at radius 2 is 1.28 bits per heavy atom. The molecule has 0 rings (SSSR count). The second-order valence-corrected chi connectivity index (χ2v) is 14.3. The van der Waals surface area contributed by atoms with Gasteiger partial charge in [0.25, 0.3) is 0 Å². The number of hydrogen-bond donors (Lipinski definition) is 3. The number of hydrogen-bond acceptors (Lipinski definition) is 5. The van der Waals surface area contributed by atoms with Gasteiger partial charge < -0.3 is 19.8 Å². The fourth-order valence-corrected chi connectivity index (χ4v) is 5.32. The summed E-state index contributed by atoms with van der Waals surface area (Å²) >= 11 is 0. The molecule has 0 aromatic heterocycles. The lowest BCUT2D eigenvalue weighted by Crippen LogP contribution is -2.45. The lowest BCUT2D eigenvalue weighted by molar-refractivity contribution is -0.870. The number of carbonyl (C=O) groups is 1. The van der Waals surface area contributed by atoms with Crippen LogP contribution in [0.4, 0.5) is 0 Å². The van der Waals surface area contributed by atoms with Crippen LogP contribution in [0.25, 0.3) is 0 Å². The first-order valence-corrected chi connectivity index (χ1v) is 18.7. The van der Waals surface area contributed by atoms with Gasteiger partial charge in [0.05, 0.1) is 39.9 Å². The molecule has 0 bridgehead atoms. The zero-order valence-corrected chi connectivity index (χ0v) is 29.3. The molecule has 3 atom stereocenters. The van der Waals surface area contributed by atoms with Gasteiger partial charge in [-0.2, -0.15) is 0 Å². The topological polar surface area (TPSA) is 105 Å². The number of nitrogens with zero attached hydrogens (tertiary/aromatic N) is 1. The van der Waals surface area contributed by atoms with Crippen LogP contribution in [0.5, 0.6) is 0 Å². The predicted molar refractivity (Wildman–Crippen MR) is 180 cm³/mol. The van der Waals surface area contributed by atoms with Crippen LogP contribution in [0.3, 0.4) is 0 Å². The molecule has 0 aliphatic carbocycles. The fourth-order valence-electron chi connectivity index (χ4n) is 4.58. The van der Waals surface area contributed by atoms with Crippen LogP contribution in [0.2, 0.25) is 0 Å². The van der Waals surface area contributed by atoms with Gasteiger partial charge in [-0.25, -0.2) is 4.57 Å². The van der Waals surface area contributed by atoms with E-state index in [2.05, 4.69) is 31.3 Å². The zero-order chi connectivity index (χ0) is 32.2. The van der Waals surface area contributed by atoms with Crippen molar-refractivity contribution in [3.05, 3.63) is 24.3 Å². The van der Waals surface area contributed by atoms with E-state index in [4.69, 9.17) is 9.05 Å². The highest BCUT2D eigenvalue weighted by molar-refractivity contribution is 7.47. The number of phosphoric ester groups is 1. The molecular formula is C34H68N2O6P+. The first kappa shape index (κ1) is 42.0. The molecule has 8 nitrogen and oxygen atoms in total. The third kappa shape index (κ3) is 29.5. The van der Waals surface area contributed by atoms with Crippen LogP contribution in [-0.2, 0) is 18.4 Å². The number of phosphoric acid groups is 1. The third-order valence-corrected chi connectivity index (χ3v) is 8.41. The molecule has 0 aliphatic heterocycles. The minimum atomic E-state index is -4.32. The molecule has 1 unspecified atom stereocenters. The maximum atomic E-state index is 12.7. The van der Waals surface area contributed by atoms with Gasteiger partial charge in [0.2, 0.25) is 5.91 Å². The normalized spacial score (nSPS) is 15.2. The lowest BCUT2D eigenvalue weighted by atomic mass is 10.0. The summed E-state index contributed by atoms with van der Waals surface area (Å²) in [6, 6.07) is -0.854. The van der Waals surface area contributed by atoms with Gasteiger partial charge in [0, 0.05) is 6.42 Å². The number of rotatable bonds is 30. The molecule has 0 spiro atoms. The predicted octanol–water partition coefficient (Wildman–Crippen LogP) is 8.24. The minimum Gasteiger partial charge on any atom is -0.387 e. The number of aliphatic hydroxyl groups excluding tert-OH is 1. The van der Waals surface area contributed by atoms with Crippen molar-refractivity contribution < 1.29 is 32.9 Å². The molecule has 43 heavy (non-hydrogen) atoms. The molecule has 0 aromatic carbocycles. The van der Waals surface area contributed by atoms with Crippen LogP contribution < -0.4 is 5.32 Å². The van der Waals surface area contributed by atoms with E-state index in [1.54, 1.807) is 6.08 Å². The van der Waals surface area contributed by atoms with Gasteiger partial charge >= 0.3 is 7.82 Å². The Labute approximate surface area is 264 Å². The van der Waals surface area contributed by atoms with Crippen LogP contribution in [-0.4, -0.2) is 73.4 Å². The number of amides is 1. The van der Waals surface area contributed by atoms with E-state index in [-0.39, 0.29) is 19.1 Å². The number of quaternary nitrogens is 1. The Morgan fingerprint density at radius 3 is 1.86 bits per heavy atom. The maximum Gasteiger partial charge on any atom is 0.472 e. The average Bonchev–Trinajstić information content (AvgIpc) is 2.94. The van der Waals surface area contributed by atoms with Crippen molar-refractivity contribution in [3.8, 4) is 0 Å². The van der Waals surface area contributed by atoms with Crippen molar-refractivity contribution >= 4 is 13.7 Å². The molecule has 9 heteroatoms. The van der Waals surface area contributed by atoms with Crippen LogP contribution in [0, 0.1) is 0 Å². The number of allylic oxidation sites excluding steroid dienone is 3. The molecule has 3 N–H and O–H groups in total. The maximum absolute atomic E-state index is 12.7. The molecule has 0 aromatic rings. The largest absolute Gasteiger partial charge is 0.472 e. The van der Waals surface area contributed by atoms with Crippen LogP contribution in [0.1, 0.15) is 136 Å². The van der Waals surface area contributed by atoms with Gasteiger partial charge in [-0.1, -0.05) is 122 Å². The van der Waals surface area contributed by atoms with Crippen molar-refractivity contribution in [1.29, 1.82) is 0 Å². The number of unbranched alkanes of at least 4 members (excludes halogenated alkanes) is 15. The summed E-state index contributed by atoms with van der Waals surface area (Å²) in [5.41, 5.74) is 0. The van der Waals surface area contributed by atoms with E-state index >= 15 is 0 Å². The molecule has 0 fully saturated rings. The molecule has 0 heterocycles. The third-order valence-electron chi connectivity index (χ3n) is 7.42. The highest BCUT2D eigenvalue weighted by Gasteiger charge is 2.27. The quantitative estimate of drug-likeness (QED) is 0.0319. The number of aliphatic hydroxyl groups is 1. The van der Waals surface area contributed by atoms with E-state index in [1.165, 1.54) is 77.0 Å². The Bertz CT molecular complexity index is 768. The summed E-state index contributed by atoms with van der Waals surface area (Å²) in [6.07, 6.45) is 28.2. The van der Waals surface area contributed by atoms with Crippen molar-refractivity contribution in [1.82, 2.24) is 5.32 Å². The Balaban J connectivity index is 4.66. The van der Waals surface area contributed by atoms with E-state index < -0.39 is 20.0 Å². The summed E-state index contributed by atoms with van der Waals surface area (Å²) in [4.78, 5) is 22.8. The molecular weight excluding hydrogens is 563 g/mol. The van der Waals surface area contributed by atoms with Crippen LogP contribution >= 0.6 is 7.82 Å². The summed E-state index contributed by atoms with van der Waals surface area (Å²) in [7, 11) is 1.55. The molecule has 0 saturated carbocycles. The highest BCUT2D eigenvalue weighted by atomic mass is 31.2. The Hall–Kier alpha value is -1.02. The molecule has 0 aliphatic rings. The lowest BCUT2D eigenvalue weighted by Gasteiger charge is -2.25. The number of nitrogens with one attached hydrogen (secondary N) is 1. The second-order valence-electron chi connectivity index (χ2n) is 12.9. The molecule has 0 radical (unpaired) electrons. The summed E-state index contributed by atoms with van der Waals surface area (Å²) in [5, 5.41) is 13.6. The second kappa shape index (κ2) is 27.3. The van der Waals surface area contributed by atoms with E-state index in [9.17, 15) is 19.4 Å². The molecule has 254 valence electrons. The average molecular weight is 632 g/mol. The van der Waals surface area contributed by atoms with E-state index in [1.807, 2.05) is 27.2 Å². The van der Waals surface area contributed by atoms with Crippen LogP contribution in [0.15, 0.2) is 24.3 Å². The van der Waals surface area contributed by atoms with E-state index in [0.29, 0.717) is 17.4 Å². The minimum absolute atomic E-state index is 0.0573. The molecule has 1 amide bonds. The van der Waals surface area contributed by atoms with Crippen molar-refractivity contribution in [2.45, 2.75) is 148 Å². The van der Waals surface area contributed by atoms with Crippen molar-refractivity contribution in [2.75, 3.05) is 40.9 Å². The van der Waals surface area contributed by atoms with E-state index in [0.717, 1.165) is 38.5 Å². The van der Waals surface area contributed by atoms with Gasteiger partial charge in [-0.15, -0.1) is 0 Å². The van der Waals surface area contributed by atoms with Gasteiger partial charge in [0.1, 0.15) is 13.2 Å². The van der Waals surface area contributed by atoms with Crippen molar-refractivity contribution in [2.24, 2.45) is 0 Å². The highest BCUT2D eigenvalue weighted by Crippen LogP contribution is 2.43. The van der Waals surface area contributed by atoms with Crippen molar-refractivity contribution in [3.63, 3.8) is 0 Å². The van der Waals surface area contributed by atoms with Gasteiger partial charge in [-0.3, -0.25) is 13.8 Å². The Morgan fingerprint density at radius 1 is 0.767 bits per heavy atom. The summed E-state index contributed by atoms with van der Waals surface area (Å²) in [5.74, 6) is -0.193. The SMILES string of the molecule is CCCCCC/C=C/CC/C=C/[C@@H](O)[C@H](COP(=O)(O)OCC[N+](C)(C)C)NC(=O)CCCCCCCCCCCCC. The van der Waals surface area contributed by atoms with Gasteiger partial charge in [0.15, 0.2) is 0 Å². The first-order valence-electron chi connectivity index (χ1n) is 17.2. The monoisotopic (exact) mass is 631 g/mol.